The molecule has 94 valence electrons. The Labute approximate surface area is 98.4 Å². The van der Waals surface area contributed by atoms with Gasteiger partial charge < -0.3 is 10.2 Å². The van der Waals surface area contributed by atoms with Gasteiger partial charge in [0.1, 0.15) is 0 Å². The van der Waals surface area contributed by atoms with Crippen molar-refractivity contribution in [2.24, 2.45) is 5.41 Å². The van der Waals surface area contributed by atoms with Crippen LogP contribution < -0.4 is 5.32 Å². The molecular weight excluding hydrogens is 204 g/mol. The molecule has 0 aromatic carbocycles. The molecule has 0 saturated heterocycles. The molecule has 0 unspecified atom stereocenters. The van der Waals surface area contributed by atoms with Gasteiger partial charge in [-0.15, -0.1) is 0 Å². The van der Waals surface area contributed by atoms with E-state index < -0.39 is 5.41 Å². The predicted molar refractivity (Wildman–Crippen MR) is 65.0 cm³/mol. The van der Waals surface area contributed by atoms with E-state index in [1.165, 1.54) is 0 Å². The van der Waals surface area contributed by atoms with Crippen LogP contribution in [0.3, 0.4) is 0 Å². The highest BCUT2D eigenvalue weighted by atomic mass is 16.2. The summed E-state index contributed by atoms with van der Waals surface area (Å²) in [7, 11) is 0. The van der Waals surface area contributed by atoms with E-state index in [2.05, 4.69) is 5.32 Å². The summed E-state index contributed by atoms with van der Waals surface area (Å²) in [5, 5.41) is 2.78. The van der Waals surface area contributed by atoms with Crippen molar-refractivity contribution in [3.63, 3.8) is 0 Å². The molecule has 0 saturated carbocycles. The van der Waals surface area contributed by atoms with Gasteiger partial charge in [-0.05, 0) is 20.8 Å². The Bertz CT molecular complexity index is 254. The van der Waals surface area contributed by atoms with Crippen LogP contribution in [0, 0.1) is 5.41 Å². The molecule has 0 aliphatic heterocycles. The third kappa shape index (κ3) is 5.14. The van der Waals surface area contributed by atoms with Gasteiger partial charge in [0.25, 0.3) is 0 Å². The average molecular weight is 228 g/mol. The Morgan fingerprint density at radius 1 is 1.25 bits per heavy atom. The van der Waals surface area contributed by atoms with Gasteiger partial charge >= 0.3 is 0 Å². The second kappa shape index (κ2) is 5.87. The second-order valence-electron chi connectivity index (χ2n) is 5.29. The second-order valence-corrected chi connectivity index (χ2v) is 5.29. The fourth-order valence-corrected chi connectivity index (χ4v) is 1.34. The highest BCUT2D eigenvalue weighted by Crippen LogP contribution is 2.16. The van der Waals surface area contributed by atoms with Gasteiger partial charge in [-0.3, -0.25) is 9.59 Å². The van der Waals surface area contributed by atoms with Crippen molar-refractivity contribution in [3.05, 3.63) is 0 Å². The van der Waals surface area contributed by atoms with Crippen LogP contribution in [0.5, 0.6) is 0 Å². The highest BCUT2D eigenvalue weighted by Gasteiger charge is 2.27. The van der Waals surface area contributed by atoms with Gasteiger partial charge in [-0.1, -0.05) is 20.8 Å². The zero-order valence-corrected chi connectivity index (χ0v) is 11.3. The van der Waals surface area contributed by atoms with Crippen LogP contribution in [0.2, 0.25) is 0 Å². The van der Waals surface area contributed by atoms with Crippen LogP contribution in [0.1, 0.15) is 41.5 Å². The van der Waals surface area contributed by atoms with Crippen molar-refractivity contribution < 1.29 is 9.59 Å². The molecule has 2 amide bonds. The highest BCUT2D eigenvalue weighted by molar-refractivity contribution is 5.87. The smallest absolute Gasteiger partial charge is 0.239 e. The summed E-state index contributed by atoms with van der Waals surface area (Å²) < 4.78 is 0. The molecule has 0 aliphatic carbocycles. The number of amides is 2. The monoisotopic (exact) mass is 228 g/mol. The number of hydrogen-bond acceptors (Lipinski definition) is 2. The Morgan fingerprint density at radius 2 is 1.75 bits per heavy atom. The van der Waals surface area contributed by atoms with Crippen molar-refractivity contribution in [1.29, 1.82) is 0 Å². The maximum absolute atomic E-state index is 12.0. The molecule has 0 fully saturated rings. The Balaban J connectivity index is 4.42. The molecule has 0 bridgehead atoms. The summed E-state index contributed by atoms with van der Waals surface area (Å²) in [4.78, 5) is 25.1. The van der Waals surface area contributed by atoms with E-state index in [9.17, 15) is 9.59 Å². The minimum absolute atomic E-state index is 0.00825. The zero-order chi connectivity index (χ0) is 12.9. The lowest BCUT2D eigenvalue weighted by Crippen LogP contribution is -2.46. The van der Waals surface area contributed by atoms with Crippen LogP contribution in [-0.2, 0) is 9.59 Å². The standard InChI is InChI=1S/C12H24N2O2/c1-7-14(11(16)12(4,5)6)8-10(15)13-9(2)3/h9H,7-8H2,1-6H3,(H,13,15). The fraction of sp³-hybridized carbons (Fsp3) is 0.833. The first kappa shape index (κ1) is 14.9. The molecule has 0 radical (unpaired) electrons. The maximum Gasteiger partial charge on any atom is 0.239 e. The summed E-state index contributed by atoms with van der Waals surface area (Å²) in [6.07, 6.45) is 0. The van der Waals surface area contributed by atoms with E-state index in [1.807, 2.05) is 41.5 Å². The van der Waals surface area contributed by atoms with Crippen LogP contribution >= 0.6 is 0 Å². The van der Waals surface area contributed by atoms with Crippen LogP contribution in [-0.4, -0.2) is 35.8 Å². The first-order valence-corrected chi connectivity index (χ1v) is 5.77. The van der Waals surface area contributed by atoms with Crippen molar-refractivity contribution >= 4 is 11.8 Å². The summed E-state index contributed by atoms with van der Waals surface area (Å²) in [6, 6.07) is 0.107. The topological polar surface area (TPSA) is 49.4 Å². The fourth-order valence-electron chi connectivity index (χ4n) is 1.34. The molecule has 0 heterocycles. The van der Waals surface area contributed by atoms with Gasteiger partial charge in [0.2, 0.25) is 11.8 Å². The van der Waals surface area contributed by atoms with Crippen molar-refractivity contribution in [3.8, 4) is 0 Å². The van der Waals surface area contributed by atoms with Crippen molar-refractivity contribution in [2.45, 2.75) is 47.6 Å². The van der Waals surface area contributed by atoms with E-state index >= 15 is 0 Å². The predicted octanol–water partition coefficient (Wildman–Crippen LogP) is 1.41. The van der Waals surface area contributed by atoms with Crippen LogP contribution in [0.4, 0.5) is 0 Å². The van der Waals surface area contributed by atoms with Gasteiger partial charge in [0.15, 0.2) is 0 Å². The van der Waals surface area contributed by atoms with Gasteiger partial charge in [-0.25, -0.2) is 0 Å². The lowest BCUT2D eigenvalue weighted by molar-refractivity contribution is -0.142. The summed E-state index contributed by atoms with van der Waals surface area (Å²) in [6.45, 7) is 12.0. The van der Waals surface area contributed by atoms with E-state index in [0.29, 0.717) is 6.54 Å². The van der Waals surface area contributed by atoms with Crippen molar-refractivity contribution in [2.75, 3.05) is 13.1 Å². The van der Waals surface area contributed by atoms with Gasteiger partial charge in [0, 0.05) is 18.0 Å². The number of hydrogen-bond donors (Lipinski definition) is 1. The molecule has 0 aromatic rings. The van der Waals surface area contributed by atoms with Gasteiger partial charge in [-0.2, -0.15) is 0 Å². The minimum Gasteiger partial charge on any atom is -0.352 e. The Kier molecular flexibility index (Phi) is 5.48. The minimum atomic E-state index is -0.436. The molecule has 0 aliphatic rings. The summed E-state index contributed by atoms with van der Waals surface area (Å²) in [5.41, 5.74) is -0.436. The maximum atomic E-state index is 12.0. The first-order valence-electron chi connectivity index (χ1n) is 5.77. The van der Waals surface area contributed by atoms with Crippen LogP contribution in [0.15, 0.2) is 0 Å². The molecule has 4 heteroatoms. The number of nitrogens with one attached hydrogen (secondary N) is 1. The molecule has 0 rings (SSSR count). The van der Waals surface area contributed by atoms with Crippen molar-refractivity contribution in [1.82, 2.24) is 10.2 Å². The Hall–Kier alpha value is -1.06. The molecule has 0 atom stereocenters. The SMILES string of the molecule is CCN(CC(=O)NC(C)C)C(=O)C(C)(C)C. The largest absolute Gasteiger partial charge is 0.352 e. The molecule has 0 aromatic heterocycles. The molecule has 1 N–H and O–H groups in total. The summed E-state index contributed by atoms with van der Waals surface area (Å²) in [5.74, 6) is -0.0941. The lowest BCUT2D eigenvalue weighted by Gasteiger charge is -2.28. The van der Waals surface area contributed by atoms with E-state index in [1.54, 1.807) is 4.90 Å². The number of nitrogens with zero attached hydrogens (tertiary/aromatic N) is 1. The van der Waals surface area contributed by atoms with E-state index in [4.69, 9.17) is 0 Å². The molecule has 4 nitrogen and oxygen atoms in total. The third-order valence-electron chi connectivity index (χ3n) is 2.09. The number of rotatable bonds is 4. The Morgan fingerprint density at radius 3 is 2.06 bits per heavy atom. The van der Waals surface area contributed by atoms with Crippen LogP contribution in [0.25, 0.3) is 0 Å². The first-order chi connectivity index (χ1) is 7.18. The third-order valence-corrected chi connectivity index (χ3v) is 2.09. The normalized spacial score (nSPS) is 11.4. The quantitative estimate of drug-likeness (QED) is 0.791. The molecular formula is C12H24N2O2. The lowest BCUT2D eigenvalue weighted by atomic mass is 9.94. The molecule has 16 heavy (non-hydrogen) atoms. The average Bonchev–Trinajstić information content (AvgIpc) is 2.10. The number of carbonyl (C=O) groups excluding carboxylic acids is 2. The summed E-state index contributed by atoms with van der Waals surface area (Å²) >= 11 is 0. The van der Waals surface area contributed by atoms with Gasteiger partial charge in [0.05, 0.1) is 6.54 Å². The van der Waals surface area contributed by atoms with E-state index in [0.717, 1.165) is 0 Å². The number of carbonyl (C=O) groups is 2. The zero-order valence-electron chi connectivity index (χ0n) is 11.3. The number of likely N-dealkylation sites (N-methyl/N-ethyl adjacent to an activating group) is 1. The molecule has 0 spiro atoms. The van der Waals surface area contributed by atoms with E-state index in [-0.39, 0.29) is 24.4 Å².